The molecule has 0 bridgehead atoms. The van der Waals surface area contributed by atoms with E-state index in [-0.39, 0.29) is 17.2 Å². The van der Waals surface area contributed by atoms with Gasteiger partial charge in [-0.15, -0.1) is 10.2 Å². The van der Waals surface area contributed by atoms with Crippen LogP contribution in [0.2, 0.25) is 0 Å². The lowest BCUT2D eigenvalue weighted by molar-refractivity contribution is -0.132. The number of rotatable bonds is 5. The predicted molar refractivity (Wildman–Crippen MR) is 85.5 cm³/mol. The van der Waals surface area contributed by atoms with Gasteiger partial charge >= 0.3 is 0 Å². The molecule has 5 heteroatoms. The third-order valence-corrected chi connectivity index (χ3v) is 4.03. The van der Waals surface area contributed by atoms with E-state index >= 15 is 0 Å². The fourth-order valence-corrected chi connectivity index (χ4v) is 2.85. The van der Waals surface area contributed by atoms with Crippen molar-refractivity contribution < 1.29 is 9.21 Å². The van der Waals surface area contributed by atoms with Crippen LogP contribution in [0.25, 0.3) is 0 Å². The molecular formula is C17H29N3O2. The first-order valence-corrected chi connectivity index (χ1v) is 8.49. The first kappa shape index (κ1) is 17.0. The van der Waals surface area contributed by atoms with Gasteiger partial charge in [0, 0.05) is 25.9 Å². The minimum absolute atomic E-state index is 0.137. The molecule has 1 aromatic rings. The van der Waals surface area contributed by atoms with Gasteiger partial charge in [0.15, 0.2) is 0 Å². The Labute approximate surface area is 133 Å². The number of amides is 1. The molecule has 2 heterocycles. The van der Waals surface area contributed by atoms with E-state index in [1.807, 2.05) is 4.90 Å². The maximum atomic E-state index is 12.2. The van der Waals surface area contributed by atoms with Gasteiger partial charge in [-0.3, -0.25) is 4.79 Å². The van der Waals surface area contributed by atoms with Crippen molar-refractivity contribution in [2.24, 2.45) is 5.41 Å². The van der Waals surface area contributed by atoms with Crippen LogP contribution in [0, 0.1) is 5.41 Å². The van der Waals surface area contributed by atoms with E-state index in [0.717, 1.165) is 45.2 Å². The highest BCUT2D eigenvalue weighted by atomic mass is 16.4. The van der Waals surface area contributed by atoms with Gasteiger partial charge in [0.2, 0.25) is 17.7 Å². The molecule has 1 unspecified atom stereocenters. The van der Waals surface area contributed by atoms with Crippen molar-refractivity contribution in [3.8, 4) is 0 Å². The summed E-state index contributed by atoms with van der Waals surface area (Å²) >= 11 is 0. The SMILES string of the molecule is CCCCC(=O)N1CCCC(c2nnc(CC(C)(C)C)o2)C1. The van der Waals surface area contributed by atoms with Crippen molar-refractivity contribution in [2.75, 3.05) is 13.1 Å². The zero-order valence-corrected chi connectivity index (χ0v) is 14.4. The average molecular weight is 307 g/mol. The van der Waals surface area contributed by atoms with Crippen molar-refractivity contribution in [3.05, 3.63) is 11.8 Å². The van der Waals surface area contributed by atoms with E-state index in [1.54, 1.807) is 0 Å². The Hall–Kier alpha value is -1.39. The average Bonchev–Trinajstić information content (AvgIpc) is 2.91. The third kappa shape index (κ3) is 4.82. The first-order chi connectivity index (χ1) is 10.4. The maximum absolute atomic E-state index is 12.2. The summed E-state index contributed by atoms with van der Waals surface area (Å²) < 4.78 is 5.85. The van der Waals surface area contributed by atoms with Gasteiger partial charge in [-0.1, -0.05) is 34.1 Å². The van der Waals surface area contributed by atoms with Crippen LogP contribution in [-0.4, -0.2) is 34.1 Å². The summed E-state index contributed by atoms with van der Waals surface area (Å²) in [6.45, 7) is 10.2. The highest BCUT2D eigenvalue weighted by molar-refractivity contribution is 5.76. The number of aromatic nitrogens is 2. The van der Waals surface area contributed by atoms with Crippen molar-refractivity contribution in [1.29, 1.82) is 0 Å². The van der Waals surface area contributed by atoms with Crippen LogP contribution in [0.4, 0.5) is 0 Å². The second-order valence-corrected chi connectivity index (χ2v) is 7.55. The molecule has 2 rings (SSSR count). The van der Waals surface area contributed by atoms with Crippen LogP contribution in [0.15, 0.2) is 4.42 Å². The highest BCUT2D eigenvalue weighted by Crippen LogP contribution is 2.28. The van der Waals surface area contributed by atoms with Crippen LogP contribution in [-0.2, 0) is 11.2 Å². The maximum Gasteiger partial charge on any atom is 0.222 e. The number of likely N-dealkylation sites (tertiary alicyclic amines) is 1. The Morgan fingerprint density at radius 1 is 1.36 bits per heavy atom. The summed E-state index contributed by atoms with van der Waals surface area (Å²) in [5, 5.41) is 8.40. The van der Waals surface area contributed by atoms with Gasteiger partial charge in [-0.2, -0.15) is 0 Å². The number of nitrogens with zero attached hydrogens (tertiary/aromatic N) is 3. The van der Waals surface area contributed by atoms with Crippen LogP contribution < -0.4 is 0 Å². The van der Waals surface area contributed by atoms with Gasteiger partial charge in [-0.25, -0.2) is 0 Å². The molecular weight excluding hydrogens is 278 g/mol. The molecule has 1 atom stereocenters. The fourth-order valence-electron chi connectivity index (χ4n) is 2.85. The highest BCUT2D eigenvalue weighted by Gasteiger charge is 2.28. The Morgan fingerprint density at radius 2 is 2.14 bits per heavy atom. The van der Waals surface area contributed by atoms with Crippen molar-refractivity contribution in [3.63, 3.8) is 0 Å². The Kier molecular flexibility index (Phi) is 5.59. The van der Waals surface area contributed by atoms with Gasteiger partial charge in [0.05, 0.1) is 5.92 Å². The standard InChI is InChI=1S/C17H29N3O2/c1-5-6-9-15(21)20-10-7-8-13(12-20)16-19-18-14(22-16)11-17(2,3)4/h13H,5-12H2,1-4H3. The summed E-state index contributed by atoms with van der Waals surface area (Å²) in [5.74, 6) is 1.87. The first-order valence-electron chi connectivity index (χ1n) is 8.49. The number of carbonyl (C=O) groups excluding carboxylic acids is 1. The third-order valence-electron chi connectivity index (χ3n) is 4.03. The van der Waals surface area contributed by atoms with E-state index < -0.39 is 0 Å². The molecule has 0 aromatic carbocycles. The quantitative estimate of drug-likeness (QED) is 0.834. The smallest absolute Gasteiger partial charge is 0.222 e. The van der Waals surface area contributed by atoms with Crippen LogP contribution in [0.1, 0.15) is 77.5 Å². The number of hydrogen-bond donors (Lipinski definition) is 0. The Morgan fingerprint density at radius 3 is 2.82 bits per heavy atom. The summed E-state index contributed by atoms with van der Waals surface area (Å²) in [6, 6.07) is 0. The lowest BCUT2D eigenvalue weighted by atomic mass is 9.92. The van der Waals surface area contributed by atoms with E-state index in [9.17, 15) is 4.79 Å². The fraction of sp³-hybridized carbons (Fsp3) is 0.824. The number of hydrogen-bond acceptors (Lipinski definition) is 4. The van der Waals surface area contributed by atoms with Gasteiger partial charge < -0.3 is 9.32 Å². The van der Waals surface area contributed by atoms with Crippen molar-refractivity contribution in [2.45, 2.75) is 72.1 Å². The van der Waals surface area contributed by atoms with Crippen LogP contribution >= 0.6 is 0 Å². The minimum Gasteiger partial charge on any atom is -0.425 e. The summed E-state index contributed by atoms with van der Waals surface area (Å²) in [7, 11) is 0. The largest absolute Gasteiger partial charge is 0.425 e. The van der Waals surface area contributed by atoms with Gasteiger partial charge in [0.1, 0.15) is 0 Å². The Balaban J connectivity index is 1.96. The normalized spacial score (nSPS) is 19.5. The molecule has 0 N–H and O–H groups in total. The molecule has 0 radical (unpaired) electrons. The van der Waals surface area contributed by atoms with Crippen molar-refractivity contribution >= 4 is 5.91 Å². The van der Waals surface area contributed by atoms with E-state index in [2.05, 4.69) is 37.9 Å². The van der Waals surface area contributed by atoms with Crippen LogP contribution in [0.5, 0.6) is 0 Å². The van der Waals surface area contributed by atoms with E-state index in [4.69, 9.17) is 4.42 Å². The number of piperidine rings is 1. The molecule has 1 fully saturated rings. The van der Waals surface area contributed by atoms with Crippen LogP contribution in [0.3, 0.4) is 0 Å². The molecule has 1 aromatic heterocycles. The molecule has 1 aliphatic heterocycles. The Bertz CT molecular complexity index is 490. The second-order valence-electron chi connectivity index (χ2n) is 7.55. The van der Waals surface area contributed by atoms with E-state index in [1.165, 1.54) is 0 Å². The second kappa shape index (κ2) is 7.25. The molecule has 0 saturated carbocycles. The topological polar surface area (TPSA) is 59.2 Å². The lowest BCUT2D eigenvalue weighted by Crippen LogP contribution is -2.39. The van der Waals surface area contributed by atoms with Crippen molar-refractivity contribution in [1.82, 2.24) is 15.1 Å². The molecule has 5 nitrogen and oxygen atoms in total. The summed E-state index contributed by atoms with van der Waals surface area (Å²) in [5.41, 5.74) is 0.137. The number of unbranched alkanes of at least 4 members (excludes halogenated alkanes) is 1. The molecule has 124 valence electrons. The minimum atomic E-state index is 0.137. The molecule has 1 saturated heterocycles. The molecule has 0 spiro atoms. The molecule has 1 aliphatic rings. The number of carbonyl (C=O) groups is 1. The zero-order chi connectivity index (χ0) is 16.2. The summed E-state index contributed by atoms with van der Waals surface area (Å²) in [6.07, 6.45) is 5.50. The molecule has 22 heavy (non-hydrogen) atoms. The zero-order valence-electron chi connectivity index (χ0n) is 14.4. The lowest BCUT2D eigenvalue weighted by Gasteiger charge is -2.31. The molecule has 1 amide bonds. The summed E-state index contributed by atoms with van der Waals surface area (Å²) in [4.78, 5) is 14.2. The molecule has 0 aliphatic carbocycles. The van der Waals surface area contributed by atoms with Gasteiger partial charge in [-0.05, 0) is 24.7 Å². The van der Waals surface area contributed by atoms with Gasteiger partial charge in [0.25, 0.3) is 0 Å². The van der Waals surface area contributed by atoms with E-state index in [0.29, 0.717) is 18.2 Å². The predicted octanol–water partition coefficient (Wildman–Crippen LogP) is 3.55. The monoisotopic (exact) mass is 307 g/mol.